The Labute approximate surface area is 86.9 Å². The highest BCUT2D eigenvalue weighted by Gasteiger charge is 2.12. The maximum absolute atomic E-state index is 13.0. The lowest BCUT2D eigenvalue weighted by atomic mass is 10.1. The fourth-order valence-electron chi connectivity index (χ4n) is 1.55. The second-order valence-corrected chi connectivity index (χ2v) is 4.08. The number of halogens is 2. The van der Waals surface area contributed by atoms with Crippen LogP contribution in [-0.2, 0) is 0 Å². The molecule has 0 spiro atoms. The van der Waals surface area contributed by atoms with Crippen LogP contribution in [0.4, 0.5) is 4.39 Å². The van der Waals surface area contributed by atoms with Crippen LogP contribution < -0.4 is 0 Å². The molecule has 1 N–H and O–H groups in total. The molecule has 14 heavy (non-hydrogen) atoms. The van der Waals surface area contributed by atoms with E-state index in [-0.39, 0.29) is 5.82 Å². The highest BCUT2D eigenvalue weighted by molar-refractivity contribution is 6.36. The molecule has 1 aromatic heterocycles. The molecule has 0 amide bonds. The zero-order valence-corrected chi connectivity index (χ0v) is 8.82. The average molecular weight is 212 g/mol. The summed E-state index contributed by atoms with van der Waals surface area (Å²) in [5.74, 6) is 0.0617. The van der Waals surface area contributed by atoms with Gasteiger partial charge in [-0.15, -0.1) is 0 Å². The molecule has 0 saturated carbocycles. The molecule has 2 aromatic rings. The zero-order chi connectivity index (χ0) is 10.3. The number of aromatic amines is 1. The van der Waals surface area contributed by atoms with Gasteiger partial charge in [-0.25, -0.2) is 4.39 Å². The largest absolute Gasteiger partial charge is 0.357 e. The SMILES string of the molecule is CC(C)c1[nH]c2ccc(F)cc2c1Cl. The first-order valence-electron chi connectivity index (χ1n) is 4.56. The van der Waals surface area contributed by atoms with Crippen molar-refractivity contribution in [3.8, 4) is 0 Å². The highest BCUT2D eigenvalue weighted by atomic mass is 35.5. The van der Waals surface area contributed by atoms with E-state index in [0.717, 1.165) is 16.6 Å². The van der Waals surface area contributed by atoms with Crippen molar-refractivity contribution in [2.45, 2.75) is 19.8 Å². The molecule has 0 atom stereocenters. The first-order chi connectivity index (χ1) is 6.59. The van der Waals surface area contributed by atoms with Gasteiger partial charge < -0.3 is 4.98 Å². The second-order valence-electron chi connectivity index (χ2n) is 3.70. The monoisotopic (exact) mass is 211 g/mol. The van der Waals surface area contributed by atoms with Crippen molar-refractivity contribution >= 4 is 22.5 Å². The number of nitrogens with one attached hydrogen (secondary N) is 1. The lowest BCUT2D eigenvalue weighted by Gasteiger charge is -2.00. The van der Waals surface area contributed by atoms with Crippen LogP contribution in [0, 0.1) is 5.82 Å². The van der Waals surface area contributed by atoms with E-state index in [4.69, 9.17) is 11.6 Å². The zero-order valence-electron chi connectivity index (χ0n) is 8.07. The smallest absolute Gasteiger partial charge is 0.124 e. The normalized spacial score (nSPS) is 11.5. The molecule has 1 nitrogen and oxygen atoms in total. The van der Waals surface area contributed by atoms with Gasteiger partial charge in [-0.05, 0) is 24.1 Å². The minimum absolute atomic E-state index is 0.256. The van der Waals surface area contributed by atoms with E-state index < -0.39 is 0 Å². The van der Waals surface area contributed by atoms with Gasteiger partial charge in [0.1, 0.15) is 5.82 Å². The number of aromatic nitrogens is 1. The first kappa shape index (κ1) is 9.53. The molecule has 0 aliphatic carbocycles. The quantitative estimate of drug-likeness (QED) is 0.732. The van der Waals surface area contributed by atoms with Crippen LogP contribution in [0.25, 0.3) is 10.9 Å². The Kier molecular flexibility index (Phi) is 2.23. The summed E-state index contributed by atoms with van der Waals surface area (Å²) >= 11 is 6.13. The highest BCUT2D eigenvalue weighted by Crippen LogP contribution is 2.31. The van der Waals surface area contributed by atoms with Gasteiger partial charge in [-0.3, -0.25) is 0 Å². The van der Waals surface area contributed by atoms with Gasteiger partial charge >= 0.3 is 0 Å². The number of rotatable bonds is 1. The fraction of sp³-hybridized carbons (Fsp3) is 0.273. The Morgan fingerprint density at radius 1 is 1.36 bits per heavy atom. The van der Waals surface area contributed by atoms with E-state index in [1.165, 1.54) is 12.1 Å². The van der Waals surface area contributed by atoms with E-state index >= 15 is 0 Å². The summed E-state index contributed by atoms with van der Waals surface area (Å²) in [6.07, 6.45) is 0. The molecule has 3 heteroatoms. The van der Waals surface area contributed by atoms with Gasteiger partial charge in [0.2, 0.25) is 0 Å². The Balaban J connectivity index is 2.74. The van der Waals surface area contributed by atoms with Crippen molar-refractivity contribution in [2.24, 2.45) is 0 Å². The van der Waals surface area contributed by atoms with Crippen molar-refractivity contribution in [1.29, 1.82) is 0 Å². The lowest BCUT2D eigenvalue weighted by Crippen LogP contribution is -1.86. The molecular weight excluding hydrogens is 201 g/mol. The Morgan fingerprint density at radius 2 is 2.07 bits per heavy atom. The third-order valence-corrected chi connectivity index (χ3v) is 2.71. The molecule has 0 fully saturated rings. The summed E-state index contributed by atoms with van der Waals surface area (Å²) in [7, 11) is 0. The molecule has 74 valence electrons. The van der Waals surface area contributed by atoms with E-state index in [1.54, 1.807) is 6.07 Å². The van der Waals surface area contributed by atoms with Crippen LogP contribution in [0.3, 0.4) is 0 Å². The van der Waals surface area contributed by atoms with Crippen molar-refractivity contribution in [2.75, 3.05) is 0 Å². The van der Waals surface area contributed by atoms with Crippen molar-refractivity contribution in [3.05, 3.63) is 34.7 Å². The standard InChI is InChI=1S/C11H11ClFN/c1-6(2)11-10(12)8-5-7(13)3-4-9(8)14-11/h3-6,14H,1-2H3. The molecule has 0 aliphatic rings. The van der Waals surface area contributed by atoms with Crippen LogP contribution in [0.2, 0.25) is 5.02 Å². The van der Waals surface area contributed by atoms with Crippen LogP contribution in [0.5, 0.6) is 0 Å². The summed E-state index contributed by atoms with van der Waals surface area (Å²) < 4.78 is 13.0. The number of benzene rings is 1. The van der Waals surface area contributed by atoms with Gasteiger partial charge in [-0.2, -0.15) is 0 Å². The third kappa shape index (κ3) is 1.40. The Hall–Kier alpha value is -1.02. The molecule has 0 aliphatic heterocycles. The van der Waals surface area contributed by atoms with Gasteiger partial charge in [0, 0.05) is 16.6 Å². The fourth-order valence-corrected chi connectivity index (χ4v) is 1.97. The van der Waals surface area contributed by atoms with E-state index in [2.05, 4.69) is 4.98 Å². The summed E-state index contributed by atoms with van der Waals surface area (Å²) in [6, 6.07) is 4.60. The molecule has 0 saturated heterocycles. The molecule has 0 radical (unpaired) electrons. The summed E-state index contributed by atoms with van der Waals surface area (Å²) in [5, 5.41) is 1.39. The number of fused-ring (bicyclic) bond motifs is 1. The maximum atomic E-state index is 13.0. The Morgan fingerprint density at radius 3 is 2.71 bits per heavy atom. The average Bonchev–Trinajstić information content (AvgIpc) is 2.44. The molecule has 2 rings (SSSR count). The Bertz CT molecular complexity index is 473. The molecule has 1 aromatic carbocycles. The summed E-state index contributed by atoms with van der Waals surface area (Å²) in [4.78, 5) is 3.19. The van der Waals surface area contributed by atoms with Crippen LogP contribution in [0.15, 0.2) is 18.2 Å². The van der Waals surface area contributed by atoms with Crippen LogP contribution in [-0.4, -0.2) is 4.98 Å². The van der Waals surface area contributed by atoms with E-state index in [0.29, 0.717) is 10.9 Å². The van der Waals surface area contributed by atoms with E-state index in [9.17, 15) is 4.39 Å². The summed E-state index contributed by atoms with van der Waals surface area (Å²) in [5.41, 5.74) is 1.85. The minimum Gasteiger partial charge on any atom is -0.357 e. The van der Waals surface area contributed by atoms with E-state index in [1.807, 2.05) is 13.8 Å². The number of H-pyrrole nitrogens is 1. The van der Waals surface area contributed by atoms with Gasteiger partial charge in [0.25, 0.3) is 0 Å². The van der Waals surface area contributed by atoms with Gasteiger partial charge in [0.15, 0.2) is 0 Å². The predicted molar refractivity (Wildman–Crippen MR) is 57.4 cm³/mol. The molecular formula is C11H11ClFN. The van der Waals surface area contributed by atoms with Crippen molar-refractivity contribution < 1.29 is 4.39 Å². The molecule has 1 heterocycles. The van der Waals surface area contributed by atoms with Gasteiger partial charge in [-0.1, -0.05) is 25.4 Å². The maximum Gasteiger partial charge on any atom is 0.124 e. The second kappa shape index (κ2) is 3.28. The third-order valence-electron chi connectivity index (χ3n) is 2.30. The topological polar surface area (TPSA) is 15.8 Å². The molecule has 0 unspecified atom stereocenters. The summed E-state index contributed by atoms with van der Waals surface area (Å²) in [6.45, 7) is 4.10. The number of hydrogen-bond donors (Lipinski definition) is 1. The predicted octanol–water partition coefficient (Wildman–Crippen LogP) is 4.08. The van der Waals surface area contributed by atoms with Crippen LogP contribution in [0.1, 0.15) is 25.5 Å². The first-order valence-corrected chi connectivity index (χ1v) is 4.94. The van der Waals surface area contributed by atoms with Crippen molar-refractivity contribution in [1.82, 2.24) is 4.98 Å². The van der Waals surface area contributed by atoms with Crippen LogP contribution >= 0.6 is 11.6 Å². The van der Waals surface area contributed by atoms with Crippen molar-refractivity contribution in [3.63, 3.8) is 0 Å². The number of hydrogen-bond acceptors (Lipinski definition) is 0. The lowest BCUT2D eigenvalue weighted by molar-refractivity contribution is 0.630. The minimum atomic E-state index is -0.256. The molecule has 0 bridgehead atoms. The van der Waals surface area contributed by atoms with Gasteiger partial charge in [0.05, 0.1) is 5.02 Å².